The van der Waals surface area contributed by atoms with Gasteiger partial charge in [-0.2, -0.15) is 0 Å². The van der Waals surface area contributed by atoms with Gasteiger partial charge in [0.25, 0.3) is 0 Å². The van der Waals surface area contributed by atoms with Gasteiger partial charge in [-0.3, -0.25) is 0 Å². The van der Waals surface area contributed by atoms with Gasteiger partial charge in [0.05, 0.1) is 13.7 Å². The number of benzene rings is 2. The Morgan fingerprint density at radius 3 is 2.67 bits per heavy atom. The fourth-order valence-electron chi connectivity index (χ4n) is 4.05. The number of nitrogens with zero attached hydrogens (tertiary/aromatic N) is 3. The highest BCUT2D eigenvalue weighted by molar-refractivity contribution is 7.99. The number of hydrogen-bond donors (Lipinski definition) is 1. The van der Waals surface area contributed by atoms with Crippen molar-refractivity contribution in [1.82, 2.24) is 14.8 Å². The lowest BCUT2D eigenvalue weighted by Gasteiger charge is -2.25. The van der Waals surface area contributed by atoms with Crippen molar-refractivity contribution in [3.63, 3.8) is 0 Å². The van der Waals surface area contributed by atoms with Crippen LogP contribution < -0.4 is 10.1 Å². The Bertz CT molecular complexity index is 922. The normalized spacial score (nSPS) is 14.6. The van der Waals surface area contributed by atoms with Crippen LogP contribution in [-0.2, 0) is 13.0 Å². The van der Waals surface area contributed by atoms with Crippen molar-refractivity contribution >= 4 is 17.4 Å². The van der Waals surface area contributed by atoms with Crippen LogP contribution in [0.25, 0.3) is 0 Å². The number of rotatable bonds is 9. The molecule has 0 radical (unpaired) electrons. The zero-order valence-corrected chi connectivity index (χ0v) is 18.4. The van der Waals surface area contributed by atoms with Crippen LogP contribution >= 0.6 is 11.8 Å². The highest BCUT2D eigenvalue weighted by atomic mass is 32.2. The van der Waals surface area contributed by atoms with Crippen LogP contribution in [0.4, 0.5) is 5.69 Å². The Labute approximate surface area is 183 Å². The maximum Gasteiger partial charge on any atom is 0.191 e. The Morgan fingerprint density at radius 2 is 1.87 bits per heavy atom. The summed E-state index contributed by atoms with van der Waals surface area (Å²) in [6.07, 6.45) is 7.40. The van der Waals surface area contributed by atoms with E-state index in [4.69, 9.17) is 4.74 Å². The summed E-state index contributed by atoms with van der Waals surface area (Å²) < 4.78 is 7.74. The smallest absolute Gasteiger partial charge is 0.191 e. The third-order valence-corrected chi connectivity index (χ3v) is 6.60. The van der Waals surface area contributed by atoms with Crippen LogP contribution in [0.2, 0.25) is 0 Å². The molecule has 1 fully saturated rings. The summed E-state index contributed by atoms with van der Waals surface area (Å²) in [4.78, 5) is 0. The van der Waals surface area contributed by atoms with Crippen molar-refractivity contribution in [1.29, 1.82) is 0 Å². The summed E-state index contributed by atoms with van der Waals surface area (Å²) in [5, 5.41) is 13.7. The molecule has 0 amide bonds. The van der Waals surface area contributed by atoms with E-state index in [1.807, 2.05) is 30.0 Å². The first-order valence-electron chi connectivity index (χ1n) is 10.8. The van der Waals surface area contributed by atoms with Gasteiger partial charge in [0.2, 0.25) is 0 Å². The first-order chi connectivity index (χ1) is 14.8. The molecule has 1 saturated carbocycles. The molecular weight excluding hydrogens is 392 g/mol. The van der Waals surface area contributed by atoms with Crippen molar-refractivity contribution in [2.75, 3.05) is 18.2 Å². The molecule has 3 aromatic rings. The third-order valence-electron chi connectivity index (χ3n) is 5.66. The van der Waals surface area contributed by atoms with Crippen molar-refractivity contribution in [3.8, 4) is 5.75 Å². The van der Waals surface area contributed by atoms with Crippen molar-refractivity contribution in [2.45, 2.75) is 56.3 Å². The summed E-state index contributed by atoms with van der Waals surface area (Å²) in [6, 6.07) is 19.2. The van der Waals surface area contributed by atoms with E-state index in [-0.39, 0.29) is 0 Å². The molecule has 1 heterocycles. The standard InChI is InChI=1S/C24H30N4OS/c1-29-22-14-8-11-20(17-22)25-18-23-26-27-24(28(23)21-12-6-3-7-13-21)30-16-15-19-9-4-2-5-10-19/h2,4-5,8-11,14,17,21,25H,3,6-7,12-13,15-16,18H2,1H3. The van der Waals surface area contributed by atoms with E-state index in [1.165, 1.54) is 37.7 Å². The number of thioether (sulfide) groups is 1. The van der Waals surface area contributed by atoms with Gasteiger partial charge in [-0.15, -0.1) is 10.2 Å². The molecule has 0 saturated heterocycles. The molecule has 2 aromatic carbocycles. The maximum absolute atomic E-state index is 5.33. The van der Waals surface area contributed by atoms with Crippen LogP contribution in [0.5, 0.6) is 5.75 Å². The van der Waals surface area contributed by atoms with E-state index in [2.05, 4.69) is 56.5 Å². The molecule has 1 N–H and O–H groups in total. The van der Waals surface area contributed by atoms with Crippen molar-refractivity contribution < 1.29 is 4.74 Å². The summed E-state index contributed by atoms with van der Waals surface area (Å²) in [6.45, 7) is 0.663. The summed E-state index contributed by atoms with van der Waals surface area (Å²) in [5.41, 5.74) is 2.40. The molecule has 1 aromatic heterocycles. The third kappa shape index (κ3) is 5.36. The Kier molecular flexibility index (Phi) is 7.29. The zero-order valence-electron chi connectivity index (χ0n) is 17.6. The number of anilines is 1. The van der Waals surface area contributed by atoms with Gasteiger partial charge in [-0.05, 0) is 37.0 Å². The Morgan fingerprint density at radius 1 is 1.03 bits per heavy atom. The largest absolute Gasteiger partial charge is 0.497 e. The predicted molar refractivity (Wildman–Crippen MR) is 123 cm³/mol. The molecule has 0 spiro atoms. The maximum atomic E-state index is 5.33. The lowest BCUT2D eigenvalue weighted by atomic mass is 9.95. The van der Waals surface area contributed by atoms with Gasteiger partial charge in [0.1, 0.15) is 5.75 Å². The Balaban J connectivity index is 1.46. The van der Waals surface area contributed by atoms with Crippen LogP contribution in [0.1, 0.15) is 49.5 Å². The van der Waals surface area contributed by atoms with Gasteiger partial charge in [-0.25, -0.2) is 0 Å². The number of aryl methyl sites for hydroxylation is 1. The van der Waals surface area contributed by atoms with Crippen LogP contribution in [0.3, 0.4) is 0 Å². The van der Waals surface area contributed by atoms with E-state index < -0.39 is 0 Å². The number of hydrogen-bond acceptors (Lipinski definition) is 5. The second-order valence-electron chi connectivity index (χ2n) is 7.73. The molecule has 1 aliphatic carbocycles. The average Bonchev–Trinajstić information content (AvgIpc) is 3.22. The van der Waals surface area contributed by atoms with Crippen LogP contribution in [0.15, 0.2) is 59.8 Å². The number of ether oxygens (including phenoxy) is 1. The van der Waals surface area contributed by atoms with E-state index in [9.17, 15) is 0 Å². The van der Waals surface area contributed by atoms with Gasteiger partial charge < -0.3 is 14.6 Å². The fourth-order valence-corrected chi connectivity index (χ4v) is 5.06. The minimum atomic E-state index is 0.509. The van der Waals surface area contributed by atoms with Crippen LogP contribution in [0, 0.1) is 0 Å². The fraction of sp³-hybridized carbons (Fsp3) is 0.417. The number of methoxy groups -OCH3 is 1. The van der Waals surface area contributed by atoms with E-state index >= 15 is 0 Å². The second-order valence-corrected chi connectivity index (χ2v) is 8.79. The Hall–Kier alpha value is -2.47. The average molecular weight is 423 g/mol. The molecule has 158 valence electrons. The predicted octanol–water partition coefficient (Wildman–Crippen LogP) is 5.74. The van der Waals surface area contributed by atoms with Gasteiger partial charge in [0, 0.05) is 23.5 Å². The molecule has 6 heteroatoms. The van der Waals surface area contributed by atoms with Gasteiger partial charge in [-0.1, -0.05) is 67.4 Å². The van der Waals surface area contributed by atoms with Crippen molar-refractivity contribution in [2.24, 2.45) is 0 Å². The van der Waals surface area contributed by atoms with Crippen molar-refractivity contribution in [3.05, 3.63) is 66.0 Å². The molecule has 0 bridgehead atoms. The molecule has 0 aliphatic heterocycles. The topological polar surface area (TPSA) is 52.0 Å². The SMILES string of the molecule is COc1cccc(NCc2nnc(SCCc3ccccc3)n2C2CCCCC2)c1. The van der Waals surface area contributed by atoms with E-state index in [1.54, 1.807) is 7.11 Å². The highest BCUT2D eigenvalue weighted by Gasteiger charge is 2.22. The minimum absolute atomic E-state index is 0.509. The second kappa shape index (κ2) is 10.5. The molecule has 5 nitrogen and oxygen atoms in total. The molecule has 4 rings (SSSR count). The summed E-state index contributed by atoms with van der Waals surface area (Å²) >= 11 is 1.83. The zero-order chi connectivity index (χ0) is 20.6. The monoisotopic (exact) mass is 422 g/mol. The number of nitrogens with one attached hydrogen (secondary N) is 1. The first kappa shape index (κ1) is 20.8. The summed E-state index contributed by atoms with van der Waals surface area (Å²) in [5.74, 6) is 2.89. The van der Waals surface area contributed by atoms with Gasteiger partial charge >= 0.3 is 0 Å². The molecule has 0 atom stereocenters. The van der Waals surface area contributed by atoms with Crippen LogP contribution in [-0.4, -0.2) is 27.6 Å². The lowest BCUT2D eigenvalue weighted by Crippen LogP contribution is -2.18. The molecule has 30 heavy (non-hydrogen) atoms. The van der Waals surface area contributed by atoms with Gasteiger partial charge in [0.15, 0.2) is 11.0 Å². The highest BCUT2D eigenvalue weighted by Crippen LogP contribution is 2.33. The van der Waals surface area contributed by atoms with E-state index in [0.29, 0.717) is 12.6 Å². The summed E-state index contributed by atoms with van der Waals surface area (Å²) in [7, 11) is 1.69. The molecule has 0 unspecified atom stereocenters. The van der Waals surface area contributed by atoms with E-state index in [0.717, 1.165) is 34.6 Å². The quantitative estimate of drug-likeness (QED) is 0.446. The minimum Gasteiger partial charge on any atom is -0.497 e. The number of aromatic nitrogens is 3. The lowest BCUT2D eigenvalue weighted by molar-refractivity contribution is 0.330. The first-order valence-corrected chi connectivity index (χ1v) is 11.8. The molecule has 1 aliphatic rings. The molecular formula is C24H30N4OS.